The molecule has 1 aromatic heterocycles. The Kier molecular flexibility index (Phi) is 6.02. The Morgan fingerprint density at radius 3 is 2.93 bits per heavy atom. The third-order valence-corrected chi connectivity index (χ3v) is 5.30. The largest absolute Gasteiger partial charge is 0.454 e. The molecule has 1 amide bonds. The number of ether oxygens (including phenoxy) is 2. The summed E-state index contributed by atoms with van der Waals surface area (Å²) < 4.78 is 23.9. The highest BCUT2D eigenvalue weighted by Gasteiger charge is 2.15. The van der Waals surface area contributed by atoms with E-state index in [1.54, 1.807) is 23.5 Å². The van der Waals surface area contributed by atoms with Crippen LogP contribution in [0.2, 0.25) is 0 Å². The van der Waals surface area contributed by atoms with Crippen molar-refractivity contribution < 1.29 is 18.7 Å². The fourth-order valence-corrected chi connectivity index (χ4v) is 3.77. The van der Waals surface area contributed by atoms with Gasteiger partial charge < -0.3 is 20.1 Å². The quantitative estimate of drug-likeness (QED) is 0.555. The minimum Gasteiger partial charge on any atom is -0.454 e. The van der Waals surface area contributed by atoms with Crippen LogP contribution in [0.3, 0.4) is 0 Å². The number of fused-ring (bicyclic) bond motifs is 1. The van der Waals surface area contributed by atoms with E-state index in [9.17, 15) is 9.18 Å². The standard InChI is InChI=1S/C21H20FN3O3S/c22-16-3-1-2-14(8-16)9-20(26)24-7-6-23-11-17-12-29-21(25-17)15-4-5-18-19(10-15)28-13-27-18/h1-5,8,10,12,23H,6-7,9,11,13H2,(H,24,26). The first kappa shape index (κ1) is 19.4. The third kappa shape index (κ3) is 5.10. The van der Waals surface area contributed by atoms with Crippen LogP contribution in [-0.2, 0) is 17.8 Å². The molecule has 0 atom stereocenters. The molecule has 0 bridgehead atoms. The molecule has 150 valence electrons. The number of benzene rings is 2. The number of rotatable bonds is 8. The lowest BCUT2D eigenvalue weighted by atomic mass is 10.1. The molecule has 8 heteroatoms. The third-order valence-electron chi connectivity index (χ3n) is 4.36. The Morgan fingerprint density at radius 1 is 1.14 bits per heavy atom. The van der Waals surface area contributed by atoms with Gasteiger partial charge in [-0.3, -0.25) is 4.79 Å². The number of amides is 1. The SMILES string of the molecule is O=C(Cc1cccc(F)c1)NCCNCc1csc(-c2ccc3c(c2)OCO3)n1. The van der Waals surface area contributed by atoms with Crippen LogP contribution in [0.5, 0.6) is 11.5 Å². The topological polar surface area (TPSA) is 72.5 Å². The number of halogens is 1. The van der Waals surface area contributed by atoms with Crippen molar-refractivity contribution in [1.29, 1.82) is 0 Å². The summed E-state index contributed by atoms with van der Waals surface area (Å²) in [5, 5.41) is 9.01. The van der Waals surface area contributed by atoms with Gasteiger partial charge in [0.1, 0.15) is 10.8 Å². The average molecular weight is 413 g/mol. The zero-order valence-corrected chi connectivity index (χ0v) is 16.4. The second-order valence-corrected chi connectivity index (χ2v) is 7.40. The molecular weight excluding hydrogens is 393 g/mol. The van der Waals surface area contributed by atoms with Gasteiger partial charge in [0, 0.05) is 30.6 Å². The molecule has 0 aliphatic carbocycles. The molecule has 3 aromatic rings. The number of carbonyl (C=O) groups is 1. The van der Waals surface area contributed by atoms with E-state index in [0.717, 1.165) is 27.8 Å². The number of aromatic nitrogens is 1. The maximum atomic E-state index is 13.1. The van der Waals surface area contributed by atoms with Crippen molar-refractivity contribution in [3.05, 3.63) is 64.9 Å². The van der Waals surface area contributed by atoms with E-state index in [4.69, 9.17) is 9.47 Å². The number of hydrogen-bond donors (Lipinski definition) is 2. The van der Waals surface area contributed by atoms with E-state index in [1.807, 2.05) is 23.6 Å². The molecule has 0 spiro atoms. The summed E-state index contributed by atoms with van der Waals surface area (Å²) in [6, 6.07) is 11.9. The van der Waals surface area contributed by atoms with Gasteiger partial charge in [-0.25, -0.2) is 9.37 Å². The lowest BCUT2D eigenvalue weighted by molar-refractivity contribution is -0.120. The van der Waals surface area contributed by atoms with Gasteiger partial charge >= 0.3 is 0 Å². The molecule has 2 N–H and O–H groups in total. The minimum atomic E-state index is -0.333. The first-order chi connectivity index (χ1) is 14.2. The van der Waals surface area contributed by atoms with Gasteiger partial charge in [0.15, 0.2) is 11.5 Å². The molecule has 0 unspecified atom stereocenters. The fraction of sp³-hybridized carbons (Fsp3) is 0.238. The van der Waals surface area contributed by atoms with Crippen LogP contribution in [-0.4, -0.2) is 30.8 Å². The molecule has 0 radical (unpaired) electrons. The smallest absolute Gasteiger partial charge is 0.231 e. The van der Waals surface area contributed by atoms with Gasteiger partial charge in [-0.05, 0) is 35.9 Å². The lowest BCUT2D eigenvalue weighted by Crippen LogP contribution is -2.32. The highest BCUT2D eigenvalue weighted by atomic mass is 32.1. The summed E-state index contributed by atoms with van der Waals surface area (Å²) in [6.45, 7) is 1.98. The molecule has 2 aromatic carbocycles. The van der Waals surface area contributed by atoms with E-state index in [2.05, 4.69) is 15.6 Å². The molecule has 0 saturated carbocycles. The highest BCUT2D eigenvalue weighted by molar-refractivity contribution is 7.13. The monoisotopic (exact) mass is 413 g/mol. The van der Waals surface area contributed by atoms with E-state index < -0.39 is 0 Å². The minimum absolute atomic E-state index is 0.129. The van der Waals surface area contributed by atoms with E-state index >= 15 is 0 Å². The Bertz CT molecular complexity index is 1010. The molecule has 29 heavy (non-hydrogen) atoms. The number of nitrogens with one attached hydrogen (secondary N) is 2. The van der Waals surface area contributed by atoms with Crippen molar-refractivity contribution >= 4 is 17.2 Å². The van der Waals surface area contributed by atoms with Gasteiger partial charge in [0.25, 0.3) is 0 Å². The molecular formula is C21H20FN3O3S. The first-order valence-electron chi connectivity index (χ1n) is 9.24. The number of thiazole rings is 1. The maximum Gasteiger partial charge on any atom is 0.231 e. The van der Waals surface area contributed by atoms with Crippen molar-refractivity contribution in [1.82, 2.24) is 15.6 Å². The van der Waals surface area contributed by atoms with Crippen LogP contribution in [0, 0.1) is 5.82 Å². The summed E-state index contributed by atoms with van der Waals surface area (Å²) in [5.41, 5.74) is 2.60. The summed E-state index contributed by atoms with van der Waals surface area (Å²) in [6.07, 6.45) is 0.169. The van der Waals surface area contributed by atoms with Gasteiger partial charge in [-0.2, -0.15) is 0 Å². The van der Waals surface area contributed by atoms with Crippen LogP contribution < -0.4 is 20.1 Å². The molecule has 2 heterocycles. The molecule has 1 aliphatic rings. The first-order valence-corrected chi connectivity index (χ1v) is 10.1. The van der Waals surface area contributed by atoms with Crippen molar-refractivity contribution in [3.63, 3.8) is 0 Å². The summed E-state index contributed by atoms with van der Waals surface area (Å²) in [7, 11) is 0. The number of hydrogen-bond acceptors (Lipinski definition) is 6. The van der Waals surface area contributed by atoms with Crippen LogP contribution in [0.25, 0.3) is 10.6 Å². The van der Waals surface area contributed by atoms with Crippen molar-refractivity contribution in [2.24, 2.45) is 0 Å². The summed E-state index contributed by atoms with van der Waals surface area (Å²) in [4.78, 5) is 16.5. The number of nitrogens with zero attached hydrogens (tertiary/aromatic N) is 1. The van der Waals surface area contributed by atoms with Gasteiger partial charge in [0.2, 0.25) is 12.7 Å². The van der Waals surface area contributed by atoms with Gasteiger partial charge in [-0.1, -0.05) is 12.1 Å². The zero-order valence-electron chi connectivity index (χ0n) is 15.6. The van der Waals surface area contributed by atoms with E-state index in [0.29, 0.717) is 25.2 Å². The van der Waals surface area contributed by atoms with Gasteiger partial charge in [0.05, 0.1) is 12.1 Å². The average Bonchev–Trinajstić information content (AvgIpc) is 3.36. The summed E-state index contributed by atoms with van der Waals surface area (Å²) >= 11 is 1.57. The second-order valence-electron chi connectivity index (χ2n) is 6.55. The van der Waals surface area contributed by atoms with Crippen LogP contribution in [0.1, 0.15) is 11.3 Å². The van der Waals surface area contributed by atoms with Crippen LogP contribution >= 0.6 is 11.3 Å². The summed E-state index contributed by atoms with van der Waals surface area (Å²) in [5.74, 6) is 1.04. The van der Waals surface area contributed by atoms with Crippen LogP contribution in [0.15, 0.2) is 47.8 Å². The van der Waals surface area contributed by atoms with Crippen molar-refractivity contribution in [2.75, 3.05) is 19.9 Å². The second kappa shape index (κ2) is 9.02. The number of carbonyl (C=O) groups excluding carboxylic acids is 1. The Hall–Kier alpha value is -2.97. The molecule has 4 rings (SSSR count). The maximum absolute atomic E-state index is 13.1. The predicted octanol–water partition coefficient (Wildman–Crippen LogP) is 3.13. The molecule has 6 nitrogen and oxygen atoms in total. The zero-order chi connectivity index (χ0) is 20.1. The van der Waals surface area contributed by atoms with E-state index in [1.165, 1.54) is 12.1 Å². The van der Waals surface area contributed by atoms with Crippen LogP contribution in [0.4, 0.5) is 4.39 Å². The Balaban J connectivity index is 1.19. The van der Waals surface area contributed by atoms with E-state index in [-0.39, 0.29) is 24.9 Å². The lowest BCUT2D eigenvalue weighted by Gasteiger charge is -2.06. The van der Waals surface area contributed by atoms with Gasteiger partial charge in [-0.15, -0.1) is 11.3 Å². The van der Waals surface area contributed by atoms with Crippen molar-refractivity contribution in [3.8, 4) is 22.1 Å². The molecule has 0 saturated heterocycles. The van der Waals surface area contributed by atoms with Crippen molar-refractivity contribution in [2.45, 2.75) is 13.0 Å². The fourth-order valence-electron chi connectivity index (χ4n) is 2.95. The Labute approximate surface area is 171 Å². The molecule has 1 aliphatic heterocycles. The molecule has 0 fully saturated rings. The predicted molar refractivity (Wildman–Crippen MR) is 108 cm³/mol. The normalized spacial score (nSPS) is 12.2. The highest BCUT2D eigenvalue weighted by Crippen LogP contribution is 2.36. The Morgan fingerprint density at radius 2 is 2.03 bits per heavy atom.